The number of nitrogens with one attached hydrogen (secondary N) is 1. The Balaban J connectivity index is 2.30. The number of halogens is 1. The van der Waals surface area contributed by atoms with Crippen molar-refractivity contribution in [3.63, 3.8) is 0 Å². The molecule has 0 fully saturated rings. The number of hydrogen-bond donors (Lipinski definition) is 2. The zero-order chi connectivity index (χ0) is 17.1. The number of rotatable bonds is 4. The molecule has 23 heavy (non-hydrogen) atoms. The summed E-state index contributed by atoms with van der Waals surface area (Å²) in [6.07, 6.45) is 0. The predicted octanol–water partition coefficient (Wildman–Crippen LogP) is 2.05. The van der Waals surface area contributed by atoms with Gasteiger partial charge in [0, 0.05) is 18.7 Å². The van der Waals surface area contributed by atoms with E-state index < -0.39 is 17.4 Å². The molecule has 0 saturated heterocycles. The molecule has 7 heteroatoms. The van der Waals surface area contributed by atoms with Crippen molar-refractivity contribution >= 4 is 11.9 Å². The van der Waals surface area contributed by atoms with Crippen LogP contribution in [0.4, 0.5) is 4.39 Å². The number of hydrogen-bond acceptors (Lipinski definition) is 3. The van der Waals surface area contributed by atoms with E-state index >= 15 is 0 Å². The Bertz CT molecular complexity index is 798. The molecule has 120 valence electrons. The second kappa shape index (κ2) is 6.43. The number of carboxylic acids is 1. The number of carboxylic acid groups (broad SMARTS) is 1. The van der Waals surface area contributed by atoms with Gasteiger partial charge in [-0.05, 0) is 30.7 Å². The molecule has 2 N–H and O–H groups in total. The lowest BCUT2D eigenvalue weighted by Crippen LogP contribution is -2.31. The highest BCUT2D eigenvalue weighted by molar-refractivity contribution is 5.96. The van der Waals surface area contributed by atoms with Crippen LogP contribution in [0, 0.1) is 5.82 Å². The number of benzene rings is 1. The molecule has 0 spiro atoms. The summed E-state index contributed by atoms with van der Waals surface area (Å²) in [5.74, 6) is -2.21. The van der Waals surface area contributed by atoms with Gasteiger partial charge < -0.3 is 15.0 Å². The van der Waals surface area contributed by atoms with E-state index in [9.17, 15) is 18.8 Å². The first-order chi connectivity index (χ1) is 10.8. The molecule has 1 aromatic heterocycles. The summed E-state index contributed by atoms with van der Waals surface area (Å²) in [5, 5.41) is 8.94. The number of aromatic nitrogens is 1. The van der Waals surface area contributed by atoms with Gasteiger partial charge in [-0.15, -0.1) is 0 Å². The molecule has 0 aliphatic carbocycles. The third-order valence-corrected chi connectivity index (χ3v) is 3.58. The Morgan fingerprint density at radius 3 is 2.39 bits per heavy atom. The highest BCUT2D eigenvalue weighted by Crippen LogP contribution is 2.20. The minimum Gasteiger partial charge on any atom is -0.477 e. The van der Waals surface area contributed by atoms with Crippen LogP contribution in [0.5, 0.6) is 0 Å². The Labute approximate surface area is 131 Å². The van der Waals surface area contributed by atoms with Gasteiger partial charge in [0.05, 0.1) is 6.04 Å². The van der Waals surface area contributed by atoms with Crippen LogP contribution < -0.4 is 5.56 Å². The summed E-state index contributed by atoms with van der Waals surface area (Å²) < 4.78 is 13.0. The number of carbonyl (C=O) groups is 2. The van der Waals surface area contributed by atoms with E-state index in [-0.39, 0.29) is 23.1 Å². The summed E-state index contributed by atoms with van der Waals surface area (Å²) in [4.78, 5) is 38.4. The lowest BCUT2D eigenvalue weighted by atomic mass is 10.1. The van der Waals surface area contributed by atoms with Crippen LogP contribution >= 0.6 is 0 Å². The molecular formula is C16H15FN2O4. The number of aromatic amines is 1. The van der Waals surface area contributed by atoms with E-state index in [1.54, 1.807) is 19.1 Å². The Hall–Kier alpha value is -2.96. The van der Waals surface area contributed by atoms with Gasteiger partial charge in [0.1, 0.15) is 11.5 Å². The number of pyridine rings is 1. The maximum Gasteiger partial charge on any atom is 0.352 e. The number of nitrogens with zero attached hydrogens (tertiary/aromatic N) is 1. The van der Waals surface area contributed by atoms with Crippen LogP contribution in [0.3, 0.4) is 0 Å². The molecule has 0 aliphatic rings. The molecule has 0 aliphatic heterocycles. The zero-order valence-electron chi connectivity index (χ0n) is 12.5. The van der Waals surface area contributed by atoms with E-state index in [1.165, 1.54) is 24.1 Å². The molecule has 0 radical (unpaired) electrons. The quantitative estimate of drug-likeness (QED) is 0.902. The fourth-order valence-corrected chi connectivity index (χ4v) is 2.13. The van der Waals surface area contributed by atoms with E-state index in [2.05, 4.69) is 4.98 Å². The highest BCUT2D eigenvalue weighted by Gasteiger charge is 2.20. The fourth-order valence-electron chi connectivity index (χ4n) is 2.13. The van der Waals surface area contributed by atoms with E-state index in [0.29, 0.717) is 5.56 Å². The smallest absolute Gasteiger partial charge is 0.352 e. The number of aromatic carboxylic acids is 1. The van der Waals surface area contributed by atoms with Gasteiger partial charge in [-0.3, -0.25) is 9.59 Å². The standard InChI is InChI=1S/C16H15FN2O4/c1-9(10-3-5-12(17)6-4-10)19(2)15(21)11-7-13(16(22)23)18-14(20)8-11/h3-9H,1-2H3,(H,18,20)(H,22,23)/t9-/m1/s1. The summed E-state index contributed by atoms with van der Waals surface area (Å²) in [7, 11) is 1.53. The fraction of sp³-hybridized carbons (Fsp3) is 0.188. The molecule has 2 rings (SSSR count). The molecule has 1 atom stereocenters. The van der Waals surface area contributed by atoms with E-state index in [4.69, 9.17) is 5.11 Å². The second-order valence-corrected chi connectivity index (χ2v) is 5.10. The lowest BCUT2D eigenvalue weighted by molar-refractivity contribution is 0.0690. The van der Waals surface area contributed by atoms with E-state index in [1.807, 2.05) is 0 Å². The predicted molar refractivity (Wildman–Crippen MR) is 80.9 cm³/mol. The number of amides is 1. The number of carbonyl (C=O) groups excluding carboxylic acids is 1. The normalized spacial score (nSPS) is 11.8. The maximum atomic E-state index is 13.0. The first-order valence-corrected chi connectivity index (χ1v) is 6.80. The van der Waals surface area contributed by atoms with Gasteiger partial charge in [-0.25, -0.2) is 9.18 Å². The minimum atomic E-state index is -1.33. The van der Waals surface area contributed by atoms with Gasteiger partial charge in [-0.1, -0.05) is 12.1 Å². The van der Waals surface area contributed by atoms with E-state index in [0.717, 1.165) is 12.1 Å². The molecule has 0 unspecified atom stereocenters. The summed E-state index contributed by atoms with van der Waals surface area (Å²) in [6.45, 7) is 1.75. The summed E-state index contributed by atoms with van der Waals surface area (Å²) in [6, 6.07) is 7.48. The Morgan fingerprint density at radius 1 is 1.22 bits per heavy atom. The van der Waals surface area contributed by atoms with Crippen molar-refractivity contribution in [1.82, 2.24) is 9.88 Å². The highest BCUT2D eigenvalue weighted by atomic mass is 19.1. The molecule has 0 saturated carbocycles. The molecular weight excluding hydrogens is 303 g/mol. The van der Waals surface area contributed by atoms with Gasteiger partial charge in [0.15, 0.2) is 0 Å². The SMILES string of the molecule is C[C@H](c1ccc(F)cc1)N(C)C(=O)c1cc(C(=O)O)[nH]c(=O)c1. The molecule has 1 amide bonds. The van der Waals surface area contributed by atoms with Crippen LogP contribution in [-0.2, 0) is 0 Å². The Kier molecular flexibility index (Phi) is 4.59. The van der Waals surface area contributed by atoms with Crippen LogP contribution in [0.2, 0.25) is 0 Å². The van der Waals surface area contributed by atoms with Crippen LogP contribution in [0.15, 0.2) is 41.2 Å². The maximum absolute atomic E-state index is 13.0. The minimum absolute atomic E-state index is 0.0254. The van der Waals surface area contributed by atoms with Crippen LogP contribution in [0.25, 0.3) is 0 Å². The molecule has 0 bridgehead atoms. The third kappa shape index (κ3) is 3.63. The first-order valence-electron chi connectivity index (χ1n) is 6.80. The van der Waals surface area contributed by atoms with Gasteiger partial charge >= 0.3 is 5.97 Å². The van der Waals surface area contributed by atoms with Crippen molar-refractivity contribution < 1.29 is 19.1 Å². The van der Waals surface area contributed by atoms with Crippen molar-refractivity contribution in [2.45, 2.75) is 13.0 Å². The molecule has 6 nitrogen and oxygen atoms in total. The van der Waals surface area contributed by atoms with Crippen LogP contribution in [0.1, 0.15) is 39.4 Å². The topological polar surface area (TPSA) is 90.5 Å². The number of H-pyrrole nitrogens is 1. The monoisotopic (exact) mass is 318 g/mol. The second-order valence-electron chi connectivity index (χ2n) is 5.10. The van der Waals surface area contributed by atoms with Gasteiger partial charge in [0.25, 0.3) is 5.91 Å². The average Bonchev–Trinajstić information content (AvgIpc) is 2.52. The first kappa shape index (κ1) is 16.4. The third-order valence-electron chi connectivity index (χ3n) is 3.58. The molecule has 1 heterocycles. The summed E-state index contributed by atoms with van der Waals surface area (Å²) >= 11 is 0. The van der Waals surface area contributed by atoms with Crippen molar-refractivity contribution in [1.29, 1.82) is 0 Å². The molecule has 1 aromatic carbocycles. The molecule has 2 aromatic rings. The largest absolute Gasteiger partial charge is 0.477 e. The Morgan fingerprint density at radius 2 is 1.83 bits per heavy atom. The van der Waals surface area contributed by atoms with Crippen molar-refractivity contribution in [3.8, 4) is 0 Å². The van der Waals surface area contributed by atoms with Crippen molar-refractivity contribution in [3.05, 3.63) is 69.4 Å². The summed E-state index contributed by atoms with van der Waals surface area (Å²) in [5.41, 5.74) is -0.340. The zero-order valence-corrected chi connectivity index (χ0v) is 12.5. The van der Waals surface area contributed by atoms with Crippen molar-refractivity contribution in [2.75, 3.05) is 7.05 Å². The van der Waals surface area contributed by atoms with Crippen molar-refractivity contribution in [2.24, 2.45) is 0 Å². The average molecular weight is 318 g/mol. The van der Waals surface area contributed by atoms with Crippen LogP contribution in [-0.4, -0.2) is 33.9 Å². The lowest BCUT2D eigenvalue weighted by Gasteiger charge is -2.25. The van der Waals surface area contributed by atoms with Gasteiger partial charge in [0.2, 0.25) is 5.56 Å². The van der Waals surface area contributed by atoms with Gasteiger partial charge in [-0.2, -0.15) is 0 Å².